The fourth-order valence-corrected chi connectivity index (χ4v) is 3.27. The first kappa shape index (κ1) is 18.0. The molecular weight excluding hydrogens is 392 g/mol. The third-order valence-corrected chi connectivity index (χ3v) is 5.55. The van der Waals surface area contributed by atoms with Gasteiger partial charge in [-0.2, -0.15) is 4.83 Å². The highest BCUT2D eigenvalue weighted by Gasteiger charge is 2.52. The van der Waals surface area contributed by atoms with Gasteiger partial charge in [0.1, 0.15) is 5.15 Å². The second-order valence-corrected chi connectivity index (χ2v) is 7.15. The molecule has 0 aliphatic heterocycles. The molecule has 0 saturated heterocycles. The largest absolute Gasteiger partial charge is 0.381 e. The van der Waals surface area contributed by atoms with Crippen LogP contribution in [0.2, 0.25) is 5.15 Å². The SMILES string of the molecule is COC1CC(C(=O)NNSCCN)(c2cnc(Cl)c(Br)c2)C1. The van der Waals surface area contributed by atoms with E-state index in [1.807, 2.05) is 6.07 Å². The third-order valence-electron chi connectivity index (χ3n) is 3.73. The van der Waals surface area contributed by atoms with Gasteiger partial charge in [0.25, 0.3) is 0 Å². The van der Waals surface area contributed by atoms with Crippen LogP contribution in [0, 0.1) is 0 Å². The first-order chi connectivity index (χ1) is 10.5. The van der Waals surface area contributed by atoms with E-state index in [1.54, 1.807) is 13.3 Å². The number of carbonyl (C=O) groups is 1. The van der Waals surface area contributed by atoms with E-state index in [0.717, 1.165) is 5.56 Å². The topological polar surface area (TPSA) is 89.3 Å². The van der Waals surface area contributed by atoms with Gasteiger partial charge in [-0.3, -0.25) is 10.2 Å². The second-order valence-electron chi connectivity index (χ2n) is 5.04. The van der Waals surface area contributed by atoms with Crippen LogP contribution in [-0.2, 0) is 14.9 Å². The van der Waals surface area contributed by atoms with E-state index >= 15 is 0 Å². The zero-order valence-electron chi connectivity index (χ0n) is 12.1. The summed E-state index contributed by atoms with van der Waals surface area (Å²) < 4.78 is 6.00. The van der Waals surface area contributed by atoms with E-state index in [2.05, 4.69) is 31.2 Å². The van der Waals surface area contributed by atoms with Crippen molar-refractivity contribution in [3.63, 3.8) is 0 Å². The minimum absolute atomic E-state index is 0.0666. The van der Waals surface area contributed by atoms with Crippen LogP contribution in [-0.4, -0.2) is 36.4 Å². The summed E-state index contributed by atoms with van der Waals surface area (Å²) in [4.78, 5) is 19.6. The maximum atomic E-state index is 12.6. The number of nitrogens with one attached hydrogen (secondary N) is 2. The number of nitrogens with zero attached hydrogens (tertiary/aromatic N) is 1. The summed E-state index contributed by atoms with van der Waals surface area (Å²) in [6.45, 7) is 0.540. The lowest BCUT2D eigenvalue weighted by atomic mass is 9.62. The van der Waals surface area contributed by atoms with Gasteiger partial charge in [0, 0.05) is 25.6 Å². The normalized spacial score (nSPS) is 23.9. The summed E-state index contributed by atoms with van der Waals surface area (Å²) in [6.07, 6.45) is 2.92. The van der Waals surface area contributed by atoms with Crippen molar-refractivity contribution in [2.75, 3.05) is 19.4 Å². The number of hydrazine groups is 1. The van der Waals surface area contributed by atoms with Crippen LogP contribution < -0.4 is 16.0 Å². The molecule has 2 rings (SSSR count). The minimum atomic E-state index is -0.656. The number of hydrogen-bond donors (Lipinski definition) is 3. The van der Waals surface area contributed by atoms with Crippen molar-refractivity contribution in [1.29, 1.82) is 0 Å². The fraction of sp³-hybridized carbons (Fsp3) is 0.538. The van der Waals surface area contributed by atoms with Crippen LogP contribution in [0.15, 0.2) is 16.7 Å². The van der Waals surface area contributed by atoms with Crippen LogP contribution in [0.4, 0.5) is 0 Å². The van der Waals surface area contributed by atoms with Gasteiger partial charge in [-0.25, -0.2) is 4.98 Å². The van der Waals surface area contributed by atoms with Crippen LogP contribution in [0.5, 0.6) is 0 Å². The van der Waals surface area contributed by atoms with E-state index in [-0.39, 0.29) is 12.0 Å². The molecule has 122 valence electrons. The number of aromatic nitrogens is 1. The van der Waals surface area contributed by atoms with Crippen molar-refractivity contribution < 1.29 is 9.53 Å². The summed E-state index contributed by atoms with van der Waals surface area (Å²) >= 11 is 10.6. The molecular formula is C13H18BrClN4O2S. The molecule has 0 radical (unpaired) electrons. The molecule has 0 spiro atoms. The van der Waals surface area contributed by atoms with Gasteiger partial charge in [-0.05, 0) is 40.4 Å². The molecule has 0 bridgehead atoms. The van der Waals surface area contributed by atoms with Crippen LogP contribution >= 0.6 is 39.5 Å². The van der Waals surface area contributed by atoms with Crippen molar-refractivity contribution in [2.24, 2.45) is 5.73 Å². The van der Waals surface area contributed by atoms with E-state index in [0.29, 0.717) is 34.8 Å². The highest BCUT2D eigenvalue weighted by atomic mass is 79.9. The van der Waals surface area contributed by atoms with Crippen LogP contribution in [0.1, 0.15) is 18.4 Å². The summed E-state index contributed by atoms with van der Waals surface area (Å²) in [5.74, 6) is 0.600. The number of rotatable bonds is 7. The Labute approximate surface area is 147 Å². The summed E-state index contributed by atoms with van der Waals surface area (Å²) in [7, 11) is 1.65. The Morgan fingerprint density at radius 1 is 1.68 bits per heavy atom. The number of halogens is 2. The van der Waals surface area contributed by atoms with E-state index in [9.17, 15) is 4.79 Å². The molecule has 1 aromatic rings. The van der Waals surface area contributed by atoms with E-state index in [1.165, 1.54) is 11.9 Å². The molecule has 4 N–H and O–H groups in total. The first-order valence-electron chi connectivity index (χ1n) is 6.75. The van der Waals surface area contributed by atoms with Gasteiger partial charge in [0.2, 0.25) is 5.91 Å². The number of hydrogen-bond acceptors (Lipinski definition) is 6. The number of amides is 1. The lowest BCUT2D eigenvalue weighted by molar-refractivity contribution is -0.137. The molecule has 1 aliphatic rings. The molecule has 0 aromatic carbocycles. The Morgan fingerprint density at radius 3 is 3.00 bits per heavy atom. The fourth-order valence-electron chi connectivity index (χ4n) is 2.43. The van der Waals surface area contributed by atoms with Gasteiger partial charge in [-0.15, -0.1) is 0 Å². The standard InChI is InChI=1S/C13H18BrClN4O2S/c1-21-9-5-13(6-9,12(20)18-19-22-3-2-16)8-4-10(14)11(15)17-7-8/h4,7,9,19H,2-3,5-6,16H2,1H3,(H,18,20). The van der Waals surface area contributed by atoms with Crippen molar-refractivity contribution >= 4 is 45.4 Å². The quantitative estimate of drug-likeness (QED) is 0.275. The average molecular weight is 410 g/mol. The van der Waals surface area contributed by atoms with Gasteiger partial charge in [0.15, 0.2) is 0 Å². The maximum Gasteiger partial charge on any atom is 0.245 e. The first-order valence-corrected chi connectivity index (χ1v) is 8.91. The zero-order chi connectivity index (χ0) is 16.2. The Morgan fingerprint density at radius 2 is 2.41 bits per heavy atom. The molecule has 9 heteroatoms. The van der Waals surface area contributed by atoms with Crippen LogP contribution in [0.25, 0.3) is 0 Å². The smallest absolute Gasteiger partial charge is 0.245 e. The van der Waals surface area contributed by atoms with Crippen molar-refractivity contribution in [3.05, 3.63) is 27.5 Å². The Balaban J connectivity index is 2.14. The molecule has 1 heterocycles. The average Bonchev–Trinajstić information content (AvgIpc) is 2.46. The highest BCUT2D eigenvalue weighted by Crippen LogP contribution is 2.46. The van der Waals surface area contributed by atoms with Crippen molar-refractivity contribution in [1.82, 2.24) is 15.2 Å². The number of carbonyl (C=O) groups excluding carboxylic acids is 1. The molecule has 1 fully saturated rings. The van der Waals surface area contributed by atoms with Gasteiger partial charge in [-0.1, -0.05) is 23.5 Å². The second kappa shape index (κ2) is 7.94. The number of nitrogens with two attached hydrogens (primary N) is 1. The highest BCUT2D eigenvalue weighted by molar-refractivity contribution is 9.10. The summed E-state index contributed by atoms with van der Waals surface area (Å²) in [5, 5.41) is 0.374. The molecule has 0 unspecified atom stereocenters. The van der Waals surface area contributed by atoms with Gasteiger partial charge < -0.3 is 10.5 Å². The Kier molecular flexibility index (Phi) is 6.48. The van der Waals surface area contributed by atoms with Crippen LogP contribution in [0.3, 0.4) is 0 Å². The summed E-state index contributed by atoms with van der Waals surface area (Å²) in [5.41, 5.74) is 8.30. The molecule has 1 saturated carbocycles. The Hall–Kier alpha value is -0.380. The lowest BCUT2D eigenvalue weighted by Gasteiger charge is -2.45. The third kappa shape index (κ3) is 3.74. The molecule has 0 atom stereocenters. The summed E-state index contributed by atoms with van der Waals surface area (Å²) in [6, 6.07) is 1.84. The Bertz CT molecular complexity index is 543. The number of pyridine rings is 1. The van der Waals surface area contributed by atoms with Crippen molar-refractivity contribution in [3.8, 4) is 0 Å². The zero-order valence-corrected chi connectivity index (χ0v) is 15.2. The maximum absolute atomic E-state index is 12.6. The molecule has 22 heavy (non-hydrogen) atoms. The minimum Gasteiger partial charge on any atom is -0.381 e. The molecule has 1 amide bonds. The number of ether oxygens (including phenoxy) is 1. The number of methoxy groups -OCH3 is 1. The predicted octanol–water partition coefficient (Wildman–Crippen LogP) is 1.77. The molecule has 1 aliphatic carbocycles. The molecule has 1 aromatic heterocycles. The van der Waals surface area contributed by atoms with E-state index in [4.69, 9.17) is 22.1 Å². The van der Waals surface area contributed by atoms with E-state index < -0.39 is 5.41 Å². The van der Waals surface area contributed by atoms with Crippen molar-refractivity contribution in [2.45, 2.75) is 24.4 Å². The monoisotopic (exact) mass is 408 g/mol. The van der Waals surface area contributed by atoms with Gasteiger partial charge >= 0.3 is 0 Å². The lowest BCUT2D eigenvalue weighted by Crippen LogP contribution is -2.57. The van der Waals surface area contributed by atoms with Gasteiger partial charge in [0.05, 0.1) is 16.0 Å². The molecule has 6 nitrogen and oxygen atoms in total. The predicted molar refractivity (Wildman–Crippen MR) is 91.4 cm³/mol.